The van der Waals surface area contributed by atoms with Crippen molar-refractivity contribution in [3.8, 4) is 0 Å². The van der Waals surface area contributed by atoms with Crippen molar-refractivity contribution >= 4 is 19.2 Å². The zero-order chi connectivity index (χ0) is 12.8. The first-order valence-electron chi connectivity index (χ1n) is 5.68. The minimum atomic E-state index is -1.29. The van der Waals surface area contributed by atoms with E-state index in [1.165, 1.54) is 0 Å². The van der Waals surface area contributed by atoms with Crippen LogP contribution < -0.4 is 5.11 Å². The molecule has 0 aliphatic rings. The van der Waals surface area contributed by atoms with Crippen LogP contribution >= 0.6 is 7.26 Å². The first-order valence-corrected chi connectivity index (χ1v) is 8.21. The van der Waals surface area contributed by atoms with Crippen molar-refractivity contribution in [3.63, 3.8) is 0 Å². The molecule has 0 aliphatic carbocycles. The van der Waals surface area contributed by atoms with E-state index in [0.717, 1.165) is 18.5 Å². The molecular weight excluding hydrogens is 227 g/mol. The standard InChI is InChI=1S/C11H21O4P/c1-4-16(5-2,6-3)8-9(11(14)15)7-10(12)13/h9H,4-8H2,1-3H3,(H-,12,13,14,15). The Kier molecular flexibility index (Phi) is 6.58. The Labute approximate surface area is 97.4 Å². The molecule has 0 fully saturated rings. The van der Waals surface area contributed by atoms with Crippen molar-refractivity contribution < 1.29 is 19.8 Å². The van der Waals surface area contributed by atoms with Crippen molar-refractivity contribution in [1.82, 2.24) is 0 Å². The number of aliphatic carboxylic acids is 2. The molecule has 0 aliphatic heterocycles. The number of carboxylic acid groups (broad SMARTS) is 2. The van der Waals surface area contributed by atoms with E-state index >= 15 is 0 Å². The van der Waals surface area contributed by atoms with Crippen LogP contribution in [-0.2, 0) is 9.59 Å². The van der Waals surface area contributed by atoms with Gasteiger partial charge in [0.25, 0.3) is 0 Å². The largest absolute Gasteiger partial charge is 0.550 e. The molecule has 5 heteroatoms. The summed E-state index contributed by atoms with van der Waals surface area (Å²) in [6.45, 7) is 6.19. The maximum absolute atomic E-state index is 10.9. The zero-order valence-corrected chi connectivity index (χ0v) is 11.1. The van der Waals surface area contributed by atoms with E-state index in [2.05, 4.69) is 20.8 Å². The summed E-state index contributed by atoms with van der Waals surface area (Å²) < 4.78 is 0. The maximum Gasteiger partial charge on any atom is 0.304 e. The predicted molar refractivity (Wildman–Crippen MR) is 64.2 cm³/mol. The van der Waals surface area contributed by atoms with Crippen molar-refractivity contribution in [1.29, 1.82) is 0 Å². The predicted octanol–water partition coefficient (Wildman–Crippen LogP) is 0.904. The van der Waals surface area contributed by atoms with Crippen LogP contribution in [0.4, 0.5) is 0 Å². The summed E-state index contributed by atoms with van der Waals surface area (Å²) in [5, 5.41) is 19.6. The molecule has 0 spiro atoms. The molecule has 0 radical (unpaired) electrons. The lowest BCUT2D eigenvalue weighted by atomic mass is 10.1. The van der Waals surface area contributed by atoms with Gasteiger partial charge in [0.05, 0.1) is 31.1 Å². The smallest absolute Gasteiger partial charge is 0.304 e. The van der Waals surface area contributed by atoms with Gasteiger partial charge in [0.15, 0.2) is 0 Å². The molecular formula is C11H21O4P. The van der Waals surface area contributed by atoms with E-state index in [0.29, 0.717) is 6.16 Å². The fourth-order valence-electron chi connectivity index (χ4n) is 1.96. The Balaban J connectivity index is 4.70. The van der Waals surface area contributed by atoms with Crippen LogP contribution in [0.15, 0.2) is 0 Å². The van der Waals surface area contributed by atoms with Gasteiger partial charge in [0.1, 0.15) is 0 Å². The zero-order valence-electron chi connectivity index (χ0n) is 10.2. The van der Waals surface area contributed by atoms with Gasteiger partial charge in [-0.05, 0) is 20.8 Å². The molecule has 94 valence electrons. The van der Waals surface area contributed by atoms with Gasteiger partial charge in [-0.3, -0.25) is 4.79 Å². The molecule has 0 bridgehead atoms. The van der Waals surface area contributed by atoms with E-state index < -0.39 is 25.1 Å². The normalized spacial score (nSPS) is 13.4. The highest BCUT2D eigenvalue weighted by Crippen LogP contribution is 2.59. The fraction of sp³-hybridized carbons (Fsp3) is 0.818. The number of carbonyl (C=O) groups is 2. The van der Waals surface area contributed by atoms with Gasteiger partial charge in [0, 0.05) is 19.1 Å². The first kappa shape index (κ1) is 15.4. The van der Waals surface area contributed by atoms with E-state index in [-0.39, 0.29) is 6.42 Å². The average Bonchev–Trinajstić information content (AvgIpc) is 2.24. The molecule has 0 amide bonds. The molecule has 0 saturated heterocycles. The minimum Gasteiger partial charge on any atom is -0.550 e. The number of hydrogen-bond acceptors (Lipinski definition) is 3. The van der Waals surface area contributed by atoms with Crippen LogP contribution in [0.5, 0.6) is 0 Å². The highest BCUT2D eigenvalue weighted by Gasteiger charge is 2.35. The van der Waals surface area contributed by atoms with Crippen molar-refractivity contribution in [2.75, 3.05) is 24.6 Å². The number of hydrogen-bond donors (Lipinski definition) is 1. The van der Waals surface area contributed by atoms with Crippen molar-refractivity contribution in [2.24, 2.45) is 5.92 Å². The van der Waals surface area contributed by atoms with E-state index in [4.69, 9.17) is 5.11 Å². The third-order valence-electron chi connectivity index (χ3n) is 3.37. The summed E-state index contributed by atoms with van der Waals surface area (Å²) in [4.78, 5) is 21.5. The van der Waals surface area contributed by atoms with Gasteiger partial charge in [-0.15, -0.1) is 0 Å². The highest BCUT2D eigenvalue weighted by molar-refractivity contribution is 7.75. The summed E-state index contributed by atoms with van der Waals surface area (Å²) in [5.74, 6) is -3.11. The topological polar surface area (TPSA) is 77.4 Å². The second-order valence-electron chi connectivity index (χ2n) is 4.09. The van der Waals surface area contributed by atoms with Crippen molar-refractivity contribution in [2.45, 2.75) is 27.2 Å². The van der Waals surface area contributed by atoms with Crippen molar-refractivity contribution in [3.05, 3.63) is 0 Å². The van der Waals surface area contributed by atoms with E-state index in [9.17, 15) is 14.7 Å². The molecule has 1 N–H and O–H groups in total. The van der Waals surface area contributed by atoms with Gasteiger partial charge in [-0.2, -0.15) is 0 Å². The molecule has 4 nitrogen and oxygen atoms in total. The lowest BCUT2D eigenvalue weighted by Crippen LogP contribution is -2.36. The lowest BCUT2D eigenvalue weighted by Gasteiger charge is -2.28. The molecule has 1 unspecified atom stereocenters. The first-order chi connectivity index (χ1) is 7.40. The van der Waals surface area contributed by atoms with Gasteiger partial charge >= 0.3 is 5.97 Å². The molecule has 0 aromatic heterocycles. The average molecular weight is 248 g/mol. The highest BCUT2D eigenvalue weighted by atomic mass is 31.2. The van der Waals surface area contributed by atoms with Gasteiger partial charge in [0.2, 0.25) is 0 Å². The molecule has 16 heavy (non-hydrogen) atoms. The number of rotatable bonds is 8. The van der Waals surface area contributed by atoms with Crippen LogP contribution in [0.25, 0.3) is 0 Å². The summed E-state index contributed by atoms with van der Waals surface area (Å²) in [5.41, 5.74) is 0. The third-order valence-corrected chi connectivity index (χ3v) is 8.61. The van der Waals surface area contributed by atoms with Gasteiger partial charge in [-0.25, -0.2) is 0 Å². The fourth-order valence-corrected chi connectivity index (χ4v) is 5.29. The van der Waals surface area contributed by atoms with Crippen LogP contribution in [0, 0.1) is 5.92 Å². The number of carbonyl (C=O) groups excluding carboxylic acids is 1. The third kappa shape index (κ3) is 4.48. The second kappa shape index (κ2) is 6.85. The Bertz CT molecular complexity index is 240. The minimum absolute atomic E-state index is 0.315. The van der Waals surface area contributed by atoms with E-state index in [1.54, 1.807) is 0 Å². The Morgan fingerprint density at radius 1 is 1.19 bits per heavy atom. The van der Waals surface area contributed by atoms with Gasteiger partial charge in [-0.1, -0.05) is 0 Å². The molecule has 0 saturated carbocycles. The SMILES string of the molecule is CC[P+](CC)(CC)CC(CC(=O)O)C(=O)[O-]. The van der Waals surface area contributed by atoms with Crippen LogP contribution in [0.3, 0.4) is 0 Å². The Morgan fingerprint density at radius 3 is 1.88 bits per heavy atom. The summed E-state index contributed by atoms with van der Waals surface area (Å²) >= 11 is 0. The molecule has 0 aromatic rings. The number of carboxylic acids is 2. The van der Waals surface area contributed by atoms with Crippen LogP contribution in [0.2, 0.25) is 0 Å². The quantitative estimate of drug-likeness (QED) is 0.647. The van der Waals surface area contributed by atoms with Crippen LogP contribution in [-0.4, -0.2) is 41.7 Å². The molecule has 0 rings (SSSR count). The lowest BCUT2D eigenvalue weighted by molar-refractivity contribution is -0.311. The Hall–Kier alpha value is -0.630. The molecule has 0 aromatic carbocycles. The van der Waals surface area contributed by atoms with E-state index in [1.807, 2.05) is 0 Å². The van der Waals surface area contributed by atoms with Gasteiger partial charge < -0.3 is 15.0 Å². The summed E-state index contributed by atoms with van der Waals surface area (Å²) in [6.07, 6.45) is 3.12. The molecule has 0 heterocycles. The Morgan fingerprint density at radius 2 is 1.62 bits per heavy atom. The van der Waals surface area contributed by atoms with Crippen LogP contribution in [0.1, 0.15) is 27.2 Å². The monoisotopic (exact) mass is 248 g/mol. The maximum atomic E-state index is 10.9. The summed E-state index contributed by atoms with van der Waals surface area (Å²) in [6, 6.07) is 0. The second-order valence-corrected chi connectivity index (χ2v) is 9.03. The summed E-state index contributed by atoms with van der Waals surface area (Å²) in [7, 11) is -1.29. The molecule has 1 atom stereocenters.